The van der Waals surface area contributed by atoms with Crippen LogP contribution in [0.25, 0.3) is 0 Å². The summed E-state index contributed by atoms with van der Waals surface area (Å²) in [6.45, 7) is 8.24. The van der Waals surface area contributed by atoms with E-state index in [1.807, 2.05) is 6.92 Å². The number of anilines is 1. The van der Waals surface area contributed by atoms with Crippen LogP contribution in [0.5, 0.6) is 0 Å². The van der Waals surface area contributed by atoms with Gasteiger partial charge in [0.2, 0.25) is 0 Å². The number of rotatable bonds is 2. The van der Waals surface area contributed by atoms with Crippen LogP contribution < -0.4 is 5.73 Å². The SMILES string of the molecule is Cc1ccnc(N)c1C(O)C1COCCN1C(=O)OC(C)(C)C. The molecule has 128 valence electrons. The number of aromatic nitrogens is 1. The highest BCUT2D eigenvalue weighted by molar-refractivity contribution is 5.69. The van der Waals surface area contributed by atoms with E-state index in [0.29, 0.717) is 18.7 Å². The molecule has 7 nitrogen and oxygen atoms in total. The summed E-state index contributed by atoms with van der Waals surface area (Å²) in [5.74, 6) is 0.257. The van der Waals surface area contributed by atoms with Crippen molar-refractivity contribution in [2.75, 3.05) is 25.5 Å². The fourth-order valence-electron chi connectivity index (χ4n) is 2.60. The van der Waals surface area contributed by atoms with Gasteiger partial charge in [0.25, 0.3) is 0 Å². The molecule has 2 unspecified atom stereocenters. The Bertz CT molecular complexity index is 551. The first-order valence-corrected chi connectivity index (χ1v) is 7.67. The summed E-state index contributed by atoms with van der Waals surface area (Å²) >= 11 is 0. The van der Waals surface area contributed by atoms with E-state index in [1.54, 1.807) is 33.0 Å². The number of hydrogen-bond donors (Lipinski definition) is 2. The minimum absolute atomic E-state index is 0.216. The topological polar surface area (TPSA) is 97.9 Å². The lowest BCUT2D eigenvalue weighted by Gasteiger charge is -2.39. The molecular weight excluding hydrogens is 298 g/mol. The number of nitrogen functional groups attached to an aromatic ring is 1. The lowest BCUT2D eigenvalue weighted by molar-refractivity contribution is -0.0673. The Kier molecular flexibility index (Phi) is 5.11. The van der Waals surface area contributed by atoms with Gasteiger partial charge in [-0.05, 0) is 39.3 Å². The summed E-state index contributed by atoms with van der Waals surface area (Å²) < 4.78 is 10.9. The molecule has 23 heavy (non-hydrogen) atoms. The van der Waals surface area contributed by atoms with E-state index in [-0.39, 0.29) is 12.4 Å². The van der Waals surface area contributed by atoms with Crippen molar-refractivity contribution in [2.24, 2.45) is 0 Å². The third-order valence-corrected chi connectivity index (χ3v) is 3.69. The van der Waals surface area contributed by atoms with Crippen molar-refractivity contribution in [3.8, 4) is 0 Å². The van der Waals surface area contributed by atoms with Crippen molar-refractivity contribution < 1.29 is 19.4 Å². The Morgan fingerprint density at radius 1 is 1.57 bits per heavy atom. The number of nitrogens with two attached hydrogens (primary N) is 1. The van der Waals surface area contributed by atoms with Gasteiger partial charge in [-0.1, -0.05) is 0 Å². The Hall–Kier alpha value is -1.86. The molecule has 2 rings (SSSR count). The average molecular weight is 323 g/mol. The number of amides is 1. The first-order chi connectivity index (χ1) is 10.7. The number of pyridine rings is 1. The maximum atomic E-state index is 12.4. The average Bonchev–Trinajstić information content (AvgIpc) is 2.45. The van der Waals surface area contributed by atoms with E-state index in [2.05, 4.69) is 4.98 Å². The molecule has 1 amide bonds. The number of nitrogens with zero attached hydrogens (tertiary/aromatic N) is 2. The van der Waals surface area contributed by atoms with Crippen LogP contribution in [0.1, 0.15) is 38.0 Å². The van der Waals surface area contributed by atoms with Crippen LogP contribution in [0.3, 0.4) is 0 Å². The van der Waals surface area contributed by atoms with Gasteiger partial charge in [0.1, 0.15) is 17.5 Å². The zero-order valence-corrected chi connectivity index (χ0v) is 14.1. The molecule has 7 heteroatoms. The number of hydrogen-bond acceptors (Lipinski definition) is 6. The maximum Gasteiger partial charge on any atom is 0.410 e. The predicted octanol–water partition coefficient (Wildman–Crippen LogP) is 1.64. The van der Waals surface area contributed by atoms with Crippen molar-refractivity contribution in [1.29, 1.82) is 0 Å². The third kappa shape index (κ3) is 4.11. The van der Waals surface area contributed by atoms with E-state index < -0.39 is 23.8 Å². The Balaban J connectivity index is 2.25. The summed E-state index contributed by atoms with van der Waals surface area (Å²) in [6, 6.07) is 1.21. The molecule has 1 fully saturated rings. The van der Waals surface area contributed by atoms with Crippen molar-refractivity contribution >= 4 is 11.9 Å². The zero-order valence-electron chi connectivity index (χ0n) is 14.1. The minimum atomic E-state index is -0.989. The molecule has 1 aromatic rings. The monoisotopic (exact) mass is 323 g/mol. The van der Waals surface area contributed by atoms with E-state index >= 15 is 0 Å². The second-order valence-electron chi connectivity index (χ2n) is 6.69. The Morgan fingerprint density at radius 3 is 2.87 bits per heavy atom. The van der Waals surface area contributed by atoms with Crippen molar-refractivity contribution in [3.63, 3.8) is 0 Å². The molecule has 1 aliphatic heterocycles. The lowest BCUT2D eigenvalue weighted by atomic mass is 9.97. The van der Waals surface area contributed by atoms with Gasteiger partial charge in [-0.15, -0.1) is 0 Å². The second kappa shape index (κ2) is 6.72. The van der Waals surface area contributed by atoms with E-state index in [4.69, 9.17) is 15.2 Å². The molecule has 0 aliphatic carbocycles. The first-order valence-electron chi connectivity index (χ1n) is 7.67. The molecule has 0 radical (unpaired) electrons. The fraction of sp³-hybridized carbons (Fsp3) is 0.625. The molecule has 0 spiro atoms. The van der Waals surface area contributed by atoms with Gasteiger partial charge in [0.15, 0.2) is 0 Å². The number of carbonyl (C=O) groups is 1. The van der Waals surface area contributed by atoms with Gasteiger partial charge in [-0.25, -0.2) is 9.78 Å². The van der Waals surface area contributed by atoms with Crippen LogP contribution in [-0.2, 0) is 9.47 Å². The third-order valence-electron chi connectivity index (χ3n) is 3.69. The maximum absolute atomic E-state index is 12.4. The summed E-state index contributed by atoms with van der Waals surface area (Å²) in [6.07, 6.45) is 0.130. The van der Waals surface area contributed by atoms with Crippen LogP contribution in [0.4, 0.5) is 10.6 Å². The molecule has 1 aliphatic rings. The van der Waals surface area contributed by atoms with Crippen LogP contribution in [-0.4, -0.2) is 52.5 Å². The number of ether oxygens (including phenoxy) is 2. The zero-order chi connectivity index (χ0) is 17.2. The predicted molar refractivity (Wildman–Crippen MR) is 85.9 cm³/mol. The number of morpholine rings is 1. The fourth-order valence-corrected chi connectivity index (χ4v) is 2.60. The van der Waals surface area contributed by atoms with Crippen molar-refractivity contribution in [2.45, 2.75) is 45.4 Å². The van der Waals surface area contributed by atoms with Crippen molar-refractivity contribution in [1.82, 2.24) is 9.88 Å². The molecule has 1 saturated heterocycles. The number of aliphatic hydroxyl groups excluding tert-OH is 1. The highest BCUT2D eigenvalue weighted by Crippen LogP contribution is 2.30. The van der Waals surface area contributed by atoms with Crippen LogP contribution in [0.15, 0.2) is 12.3 Å². The summed E-state index contributed by atoms with van der Waals surface area (Å²) in [5, 5.41) is 10.8. The van der Waals surface area contributed by atoms with Gasteiger partial charge < -0.3 is 20.3 Å². The van der Waals surface area contributed by atoms with Gasteiger partial charge in [-0.3, -0.25) is 4.90 Å². The highest BCUT2D eigenvalue weighted by Gasteiger charge is 2.37. The summed E-state index contributed by atoms with van der Waals surface area (Å²) in [5.41, 5.74) is 6.65. The molecule has 0 aromatic carbocycles. The molecule has 3 N–H and O–H groups in total. The van der Waals surface area contributed by atoms with E-state index in [9.17, 15) is 9.90 Å². The molecule has 0 bridgehead atoms. The van der Waals surface area contributed by atoms with Crippen LogP contribution in [0, 0.1) is 6.92 Å². The Morgan fingerprint density at radius 2 is 2.26 bits per heavy atom. The highest BCUT2D eigenvalue weighted by atomic mass is 16.6. The summed E-state index contributed by atoms with van der Waals surface area (Å²) in [7, 11) is 0. The molecule has 2 atom stereocenters. The van der Waals surface area contributed by atoms with Gasteiger partial charge in [0.05, 0.1) is 19.3 Å². The van der Waals surface area contributed by atoms with Gasteiger partial charge in [-0.2, -0.15) is 0 Å². The van der Waals surface area contributed by atoms with Crippen LogP contribution in [0.2, 0.25) is 0 Å². The number of carbonyl (C=O) groups excluding carboxylic acids is 1. The van der Waals surface area contributed by atoms with Gasteiger partial charge >= 0.3 is 6.09 Å². The quantitative estimate of drug-likeness (QED) is 0.858. The van der Waals surface area contributed by atoms with E-state index in [0.717, 1.165) is 5.56 Å². The standard InChI is InChI=1S/C16H25N3O4/c1-10-5-6-18-14(17)12(10)13(20)11-9-22-8-7-19(11)15(21)23-16(2,3)4/h5-6,11,13,20H,7-9H2,1-4H3,(H2,17,18). The van der Waals surface area contributed by atoms with Crippen LogP contribution >= 0.6 is 0 Å². The van der Waals surface area contributed by atoms with Gasteiger partial charge in [0, 0.05) is 18.3 Å². The normalized spacial score (nSPS) is 20.2. The molecular formula is C16H25N3O4. The first kappa shape index (κ1) is 17.5. The number of aryl methyl sites for hydroxylation is 1. The Labute approximate surface area is 136 Å². The molecule has 0 saturated carbocycles. The molecule has 1 aromatic heterocycles. The largest absolute Gasteiger partial charge is 0.444 e. The number of aliphatic hydroxyl groups is 1. The second-order valence-corrected chi connectivity index (χ2v) is 6.69. The summed E-state index contributed by atoms with van der Waals surface area (Å²) in [4.78, 5) is 18.0. The van der Waals surface area contributed by atoms with Crippen molar-refractivity contribution in [3.05, 3.63) is 23.4 Å². The smallest absolute Gasteiger partial charge is 0.410 e. The minimum Gasteiger partial charge on any atom is -0.444 e. The van der Waals surface area contributed by atoms with E-state index in [1.165, 1.54) is 4.90 Å². The lowest BCUT2D eigenvalue weighted by Crippen LogP contribution is -2.53. The molecule has 2 heterocycles.